The fraction of sp³-hybridized carbons (Fsp3) is 0.765. The Balaban J connectivity index is 0.00000243. The highest BCUT2D eigenvalue weighted by Gasteiger charge is 2.20. The predicted molar refractivity (Wildman–Crippen MR) is 119 cm³/mol. The molecular weight excluding hydrogens is 463 g/mol. The van der Waals surface area contributed by atoms with E-state index >= 15 is 0 Å². The standard InChI is InChI=1S/C17H30N6OS.HI/c1-15-13-16(20-24-15)14-22-5-7-23(8-6-22)17(18-2)19-3-4-21-9-11-25-12-10-21;/h13H,3-12,14H2,1-2H3,(H,18,19);1H. The maximum absolute atomic E-state index is 5.16. The summed E-state index contributed by atoms with van der Waals surface area (Å²) in [5, 5.41) is 7.63. The lowest BCUT2D eigenvalue weighted by Crippen LogP contribution is -2.53. The zero-order valence-corrected chi connectivity index (χ0v) is 19.0. The first kappa shape index (κ1) is 21.8. The molecule has 9 heteroatoms. The number of piperazine rings is 1. The Morgan fingerprint density at radius 1 is 1.19 bits per heavy atom. The first-order valence-electron chi connectivity index (χ1n) is 9.15. The third-order valence-electron chi connectivity index (χ3n) is 4.76. The van der Waals surface area contributed by atoms with Crippen LogP contribution in [0.2, 0.25) is 0 Å². The third-order valence-corrected chi connectivity index (χ3v) is 5.70. The van der Waals surface area contributed by atoms with Crippen molar-refractivity contribution in [3.05, 3.63) is 17.5 Å². The van der Waals surface area contributed by atoms with E-state index in [1.807, 2.05) is 20.0 Å². The predicted octanol–water partition coefficient (Wildman–Crippen LogP) is 1.34. The van der Waals surface area contributed by atoms with Crippen molar-refractivity contribution in [2.24, 2.45) is 4.99 Å². The highest BCUT2D eigenvalue weighted by Crippen LogP contribution is 2.10. The Hall–Kier alpha value is -0.520. The van der Waals surface area contributed by atoms with Crippen LogP contribution >= 0.6 is 35.7 Å². The van der Waals surface area contributed by atoms with Crippen molar-refractivity contribution in [2.45, 2.75) is 13.5 Å². The summed E-state index contributed by atoms with van der Waals surface area (Å²) >= 11 is 2.06. The summed E-state index contributed by atoms with van der Waals surface area (Å²) < 4.78 is 5.16. The van der Waals surface area contributed by atoms with E-state index in [1.54, 1.807) is 0 Å². The van der Waals surface area contributed by atoms with Crippen LogP contribution in [0.4, 0.5) is 0 Å². The molecule has 0 amide bonds. The molecule has 2 aliphatic rings. The quantitative estimate of drug-likeness (QED) is 0.377. The molecule has 0 aliphatic carbocycles. The summed E-state index contributed by atoms with van der Waals surface area (Å²) in [7, 11) is 1.88. The van der Waals surface area contributed by atoms with Gasteiger partial charge in [-0.3, -0.25) is 14.8 Å². The van der Waals surface area contributed by atoms with Gasteiger partial charge in [-0.05, 0) is 6.92 Å². The van der Waals surface area contributed by atoms with Gasteiger partial charge in [0, 0.05) is 83.5 Å². The molecule has 2 fully saturated rings. The molecule has 0 atom stereocenters. The van der Waals surface area contributed by atoms with Crippen LogP contribution in [0.5, 0.6) is 0 Å². The number of halogens is 1. The Morgan fingerprint density at radius 2 is 1.92 bits per heavy atom. The maximum atomic E-state index is 5.16. The third kappa shape index (κ3) is 6.58. The van der Waals surface area contributed by atoms with Gasteiger partial charge >= 0.3 is 0 Å². The van der Waals surface area contributed by atoms with E-state index in [0.29, 0.717) is 0 Å². The number of nitrogens with one attached hydrogen (secondary N) is 1. The molecule has 3 heterocycles. The largest absolute Gasteiger partial charge is 0.361 e. The molecule has 148 valence electrons. The van der Waals surface area contributed by atoms with Crippen LogP contribution in [-0.2, 0) is 6.54 Å². The van der Waals surface area contributed by atoms with Crippen molar-refractivity contribution in [3.63, 3.8) is 0 Å². The number of aromatic nitrogens is 1. The minimum Gasteiger partial charge on any atom is -0.361 e. The molecule has 2 aliphatic heterocycles. The van der Waals surface area contributed by atoms with E-state index in [4.69, 9.17) is 4.52 Å². The summed E-state index contributed by atoms with van der Waals surface area (Å²) in [6, 6.07) is 2.02. The average Bonchev–Trinajstić information content (AvgIpc) is 3.05. The number of hydrogen-bond donors (Lipinski definition) is 1. The molecule has 1 aromatic rings. The Morgan fingerprint density at radius 3 is 2.54 bits per heavy atom. The number of rotatable bonds is 5. The monoisotopic (exact) mass is 494 g/mol. The summed E-state index contributed by atoms with van der Waals surface area (Å²) in [6.45, 7) is 11.3. The van der Waals surface area contributed by atoms with Crippen LogP contribution in [0.1, 0.15) is 11.5 Å². The second kappa shape index (κ2) is 11.4. The molecule has 0 radical (unpaired) electrons. The molecule has 7 nitrogen and oxygen atoms in total. The Kier molecular flexibility index (Phi) is 9.51. The lowest BCUT2D eigenvalue weighted by Gasteiger charge is -2.36. The van der Waals surface area contributed by atoms with Gasteiger partial charge in [0.1, 0.15) is 5.76 Å². The number of hydrogen-bond acceptors (Lipinski definition) is 6. The van der Waals surface area contributed by atoms with Crippen molar-refractivity contribution in [1.29, 1.82) is 0 Å². The summed E-state index contributed by atoms with van der Waals surface area (Å²) in [6.07, 6.45) is 0. The Bertz CT molecular complexity index is 555. The van der Waals surface area contributed by atoms with Crippen LogP contribution in [0.25, 0.3) is 0 Å². The zero-order valence-electron chi connectivity index (χ0n) is 15.8. The molecule has 0 bridgehead atoms. The summed E-state index contributed by atoms with van der Waals surface area (Å²) in [4.78, 5) is 11.8. The topological polar surface area (TPSA) is 60.1 Å². The highest BCUT2D eigenvalue weighted by atomic mass is 127. The number of thioether (sulfide) groups is 1. The van der Waals surface area contributed by atoms with E-state index in [2.05, 4.69) is 41.9 Å². The van der Waals surface area contributed by atoms with Crippen molar-refractivity contribution >= 4 is 41.7 Å². The number of aryl methyl sites for hydroxylation is 1. The van der Waals surface area contributed by atoms with Gasteiger partial charge in [-0.1, -0.05) is 5.16 Å². The minimum atomic E-state index is 0. The average molecular weight is 494 g/mol. The molecule has 0 saturated carbocycles. The molecule has 0 unspecified atom stereocenters. The molecule has 2 saturated heterocycles. The van der Waals surface area contributed by atoms with Crippen molar-refractivity contribution in [1.82, 2.24) is 25.2 Å². The molecule has 26 heavy (non-hydrogen) atoms. The van der Waals surface area contributed by atoms with E-state index in [-0.39, 0.29) is 24.0 Å². The number of guanidine groups is 1. The van der Waals surface area contributed by atoms with Crippen molar-refractivity contribution in [3.8, 4) is 0 Å². The highest BCUT2D eigenvalue weighted by molar-refractivity contribution is 14.0. The first-order valence-corrected chi connectivity index (χ1v) is 10.3. The summed E-state index contributed by atoms with van der Waals surface area (Å²) in [5.74, 6) is 4.44. The van der Waals surface area contributed by atoms with Gasteiger partial charge in [0.05, 0.1) is 5.69 Å². The van der Waals surface area contributed by atoms with E-state index in [0.717, 1.165) is 63.2 Å². The van der Waals surface area contributed by atoms with Gasteiger partial charge in [-0.25, -0.2) is 0 Å². The van der Waals surface area contributed by atoms with Crippen LogP contribution in [0.15, 0.2) is 15.6 Å². The minimum absolute atomic E-state index is 0. The maximum Gasteiger partial charge on any atom is 0.193 e. The fourth-order valence-electron chi connectivity index (χ4n) is 3.32. The van der Waals surface area contributed by atoms with Gasteiger partial charge in [-0.2, -0.15) is 11.8 Å². The summed E-state index contributed by atoms with van der Waals surface area (Å²) in [5.41, 5.74) is 1.02. The van der Waals surface area contributed by atoms with E-state index < -0.39 is 0 Å². The lowest BCUT2D eigenvalue weighted by atomic mass is 10.3. The van der Waals surface area contributed by atoms with E-state index in [1.165, 1.54) is 24.6 Å². The molecule has 0 spiro atoms. The zero-order chi connectivity index (χ0) is 17.5. The van der Waals surface area contributed by atoms with Crippen molar-refractivity contribution < 1.29 is 4.52 Å². The van der Waals surface area contributed by atoms with Crippen LogP contribution < -0.4 is 5.32 Å². The Labute approximate surface area is 177 Å². The molecular formula is C17H31IN6OS. The molecule has 1 aromatic heterocycles. The smallest absolute Gasteiger partial charge is 0.193 e. The normalized spacial score (nSPS) is 20.1. The van der Waals surface area contributed by atoms with Gasteiger partial charge in [0.25, 0.3) is 0 Å². The first-order chi connectivity index (χ1) is 12.2. The fourth-order valence-corrected chi connectivity index (χ4v) is 4.30. The van der Waals surface area contributed by atoms with Gasteiger partial charge in [0.15, 0.2) is 5.96 Å². The van der Waals surface area contributed by atoms with Crippen LogP contribution in [0, 0.1) is 6.92 Å². The molecule has 0 aromatic carbocycles. The second-order valence-electron chi connectivity index (χ2n) is 6.62. The van der Waals surface area contributed by atoms with Crippen LogP contribution in [-0.4, -0.2) is 96.7 Å². The number of aliphatic imine (C=N–C) groups is 1. The molecule has 1 N–H and O–H groups in total. The van der Waals surface area contributed by atoms with Gasteiger partial charge in [0.2, 0.25) is 0 Å². The van der Waals surface area contributed by atoms with Gasteiger partial charge < -0.3 is 14.7 Å². The van der Waals surface area contributed by atoms with Crippen LogP contribution in [0.3, 0.4) is 0 Å². The second-order valence-corrected chi connectivity index (χ2v) is 7.84. The number of nitrogens with zero attached hydrogens (tertiary/aromatic N) is 5. The van der Waals surface area contributed by atoms with Crippen molar-refractivity contribution in [2.75, 3.05) is 70.9 Å². The lowest BCUT2D eigenvalue weighted by molar-refractivity contribution is 0.168. The SMILES string of the molecule is CN=C(NCCN1CCSCC1)N1CCN(Cc2cc(C)on2)CC1.I. The van der Waals surface area contributed by atoms with E-state index in [9.17, 15) is 0 Å². The van der Waals surface area contributed by atoms with Gasteiger partial charge in [-0.15, -0.1) is 24.0 Å². The molecule has 3 rings (SSSR count).